The summed E-state index contributed by atoms with van der Waals surface area (Å²) >= 11 is 0. The lowest BCUT2D eigenvalue weighted by Gasteiger charge is -2.26. The summed E-state index contributed by atoms with van der Waals surface area (Å²) in [7, 11) is 0. The molecule has 0 spiro atoms. The van der Waals surface area contributed by atoms with E-state index in [1.807, 2.05) is 39.0 Å². The highest BCUT2D eigenvalue weighted by Crippen LogP contribution is 2.19. The quantitative estimate of drug-likeness (QED) is 0.839. The lowest BCUT2D eigenvalue weighted by atomic mass is 10.0. The average Bonchev–Trinajstić information content (AvgIpc) is 2.36. The van der Waals surface area contributed by atoms with Crippen LogP contribution in [0.3, 0.4) is 0 Å². The van der Waals surface area contributed by atoms with Gasteiger partial charge in [0.2, 0.25) is 0 Å². The second kappa shape index (κ2) is 6.42. The molecule has 1 atom stereocenters. The third-order valence-corrected chi connectivity index (χ3v) is 2.72. The van der Waals surface area contributed by atoms with Gasteiger partial charge >= 0.3 is 0 Å². The highest BCUT2D eigenvalue weighted by Gasteiger charge is 2.25. The molecule has 0 fully saturated rings. The van der Waals surface area contributed by atoms with Gasteiger partial charge < -0.3 is 4.74 Å². The highest BCUT2D eigenvalue weighted by molar-refractivity contribution is 5.33. The van der Waals surface area contributed by atoms with E-state index in [9.17, 15) is 5.26 Å². The summed E-state index contributed by atoms with van der Waals surface area (Å²) in [5.74, 6) is 0.868. The van der Waals surface area contributed by atoms with Crippen molar-refractivity contribution in [3.05, 3.63) is 29.8 Å². The van der Waals surface area contributed by atoms with Crippen molar-refractivity contribution in [3.8, 4) is 11.8 Å². The second-order valence-electron chi connectivity index (χ2n) is 4.99. The van der Waals surface area contributed by atoms with Gasteiger partial charge in [-0.15, -0.1) is 0 Å². The van der Waals surface area contributed by atoms with Crippen molar-refractivity contribution >= 4 is 0 Å². The van der Waals surface area contributed by atoms with Crippen LogP contribution in [0.4, 0.5) is 0 Å². The van der Waals surface area contributed by atoms with Gasteiger partial charge in [0.15, 0.2) is 0 Å². The zero-order chi connectivity index (χ0) is 13.6. The Morgan fingerprint density at radius 1 is 1.39 bits per heavy atom. The van der Waals surface area contributed by atoms with Crippen molar-refractivity contribution in [1.29, 1.82) is 5.26 Å². The smallest absolute Gasteiger partial charge is 0.138 e. The third kappa shape index (κ3) is 4.05. The molecule has 0 aliphatic rings. The molecule has 98 valence electrons. The van der Waals surface area contributed by atoms with Crippen LogP contribution in [0.25, 0.3) is 0 Å². The van der Waals surface area contributed by atoms with Crippen LogP contribution in [-0.4, -0.2) is 18.2 Å². The molecule has 0 aliphatic carbocycles. The summed E-state index contributed by atoms with van der Waals surface area (Å²) in [5, 5.41) is 12.5. The first-order chi connectivity index (χ1) is 8.50. The van der Waals surface area contributed by atoms with Crippen molar-refractivity contribution in [2.24, 2.45) is 0 Å². The minimum Gasteiger partial charge on any atom is -0.490 e. The number of hydrogen-bond donors (Lipinski definition) is 1. The number of nitriles is 1. The Morgan fingerprint density at radius 2 is 2.06 bits per heavy atom. The summed E-state index contributed by atoms with van der Waals surface area (Å²) in [6, 6.07) is 10.5. The molecule has 1 rings (SSSR count). The first kappa shape index (κ1) is 14.5. The van der Waals surface area contributed by atoms with Gasteiger partial charge in [-0.1, -0.05) is 25.1 Å². The molecule has 1 unspecified atom stereocenters. The van der Waals surface area contributed by atoms with Crippen molar-refractivity contribution in [1.82, 2.24) is 5.32 Å². The van der Waals surface area contributed by atoms with E-state index in [1.54, 1.807) is 0 Å². The zero-order valence-corrected chi connectivity index (χ0v) is 11.7. The van der Waals surface area contributed by atoms with Crippen LogP contribution in [-0.2, 0) is 6.42 Å². The zero-order valence-electron chi connectivity index (χ0n) is 11.7. The monoisotopic (exact) mass is 246 g/mol. The molecule has 3 nitrogen and oxygen atoms in total. The SMILES string of the molecule is CCc1ccccc1OCC(C)(C#N)NC(C)C. The number of nitrogens with one attached hydrogen (secondary N) is 1. The maximum absolute atomic E-state index is 9.25. The average molecular weight is 246 g/mol. The van der Waals surface area contributed by atoms with E-state index in [1.165, 1.54) is 5.56 Å². The molecule has 1 N–H and O–H groups in total. The number of para-hydroxylation sites is 1. The summed E-state index contributed by atoms with van der Waals surface area (Å²) in [6.07, 6.45) is 0.928. The summed E-state index contributed by atoms with van der Waals surface area (Å²) in [4.78, 5) is 0. The van der Waals surface area contributed by atoms with Gasteiger partial charge in [-0.25, -0.2) is 0 Å². The molecule has 0 aromatic heterocycles. The van der Waals surface area contributed by atoms with Gasteiger partial charge in [0.05, 0.1) is 6.07 Å². The number of rotatable bonds is 6. The predicted molar refractivity (Wildman–Crippen MR) is 73.6 cm³/mol. The molecule has 3 heteroatoms. The number of nitrogens with zero attached hydrogens (tertiary/aromatic N) is 1. The van der Waals surface area contributed by atoms with Crippen LogP contribution in [0.1, 0.15) is 33.3 Å². The topological polar surface area (TPSA) is 45.0 Å². The van der Waals surface area contributed by atoms with Crippen molar-refractivity contribution in [2.45, 2.75) is 45.7 Å². The van der Waals surface area contributed by atoms with Crippen LogP contribution < -0.4 is 10.1 Å². The molecule has 0 aliphatic heterocycles. The molecular formula is C15H22N2O. The number of ether oxygens (including phenoxy) is 1. The van der Waals surface area contributed by atoms with E-state index in [0.29, 0.717) is 6.61 Å². The molecule has 0 heterocycles. The van der Waals surface area contributed by atoms with E-state index >= 15 is 0 Å². The van der Waals surface area contributed by atoms with Gasteiger partial charge in [0, 0.05) is 6.04 Å². The maximum atomic E-state index is 9.25. The van der Waals surface area contributed by atoms with Crippen LogP contribution in [0.2, 0.25) is 0 Å². The Hall–Kier alpha value is -1.53. The Kier molecular flexibility index (Phi) is 5.18. The van der Waals surface area contributed by atoms with Crippen molar-refractivity contribution in [3.63, 3.8) is 0 Å². The summed E-state index contributed by atoms with van der Waals surface area (Å²) < 4.78 is 5.80. The van der Waals surface area contributed by atoms with E-state index in [4.69, 9.17) is 4.74 Å². The molecule has 0 saturated carbocycles. The van der Waals surface area contributed by atoms with Crippen LogP contribution in [0.5, 0.6) is 5.75 Å². The molecule has 0 radical (unpaired) electrons. The Bertz CT molecular complexity index is 423. The van der Waals surface area contributed by atoms with Crippen molar-refractivity contribution in [2.75, 3.05) is 6.61 Å². The molecule has 0 saturated heterocycles. The molecular weight excluding hydrogens is 224 g/mol. The lowest BCUT2D eigenvalue weighted by Crippen LogP contribution is -2.49. The van der Waals surface area contributed by atoms with Crippen LogP contribution >= 0.6 is 0 Å². The second-order valence-corrected chi connectivity index (χ2v) is 4.99. The first-order valence-electron chi connectivity index (χ1n) is 6.40. The van der Waals surface area contributed by atoms with Gasteiger partial charge in [0.1, 0.15) is 17.9 Å². The molecule has 1 aromatic carbocycles. The fourth-order valence-corrected chi connectivity index (χ4v) is 1.90. The van der Waals surface area contributed by atoms with E-state index in [-0.39, 0.29) is 6.04 Å². The normalized spacial score (nSPS) is 14.0. The fourth-order valence-electron chi connectivity index (χ4n) is 1.90. The summed E-state index contributed by atoms with van der Waals surface area (Å²) in [6.45, 7) is 8.35. The standard InChI is InChI=1S/C15H22N2O/c1-5-13-8-6-7-9-14(13)18-11-15(4,10-16)17-12(2)3/h6-9,12,17H,5,11H2,1-4H3. The Labute approximate surface area is 110 Å². The number of aryl methyl sites for hydroxylation is 1. The predicted octanol–water partition coefficient (Wildman–Crippen LogP) is 2.91. The first-order valence-corrected chi connectivity index (χ1v) is 6.40. The Balaban J connectivity index is 2.71. The maximum Gasteiger partial charge on any atom is 0.138 e. The third-order valence-electron chi connectivity index (χ3n) is 2.72. The van der Waals surface area contributed by atoms with Gasteiger partial charge in [-0.05, 0) is 38.8 Å². The van der Waals surface area contributed by atoms with Crippen LogP contribution in [0.15, 0.2) is 24.3 Å². The molecule has 0 amide bonds. The minimum absolute atomic E-state index is 0.250. The van der Waals surface area contributed by atoms with Gasteiger partial charge in [0.25, 0.3) is 0 Å². The number of benzene rings is 1. The van der Waals surface area contributed by atoms with Crippen molar-refractivity contribution < 1.29 is 4.74 Å². The van der Waals surface area contributed by atoms with Gasteiger partial charge in [-0.3, -0.25) is 5.32 Å². The van der Waals surface area contributed by atoms with E-state index < -0.39 is 5.54 Å². The fraction of sp³-hybridized carbons (Fsp3) is 0.533. The summed E-state index contributed by atoms with van der Waals surface area (Å²) in [5.41, 5.74) is 0.511. The lowest BCUT2D eigenvalue weighted by molar-refractivity contribution is 0.223. The van der Waals surface area contributed by atoms with E-state index in [2.05, 4.69) is 24.4 Å². The molecule has 18 heavy (non-hydrogen) atoms. The minimum atomic E-state index is -0.658. The van der Waals surface area contributed by atoms with Crippen LogP contribution in [0, 0.1) is 11.3 Å². The largest absolute Gasteiger partial charge is 0.490 e. The van der Waals surface area contributed by atoms with Gasteiger partial charge in [-0.2, -0.15) is 5.26 Å². The molecule has 0 bridgehead atoms. The molecule has 1 aromatic rings. The van der Waals surface area contributed by atoms with E-state index in [0.717, 1.165) is 12.2 Å². The number of hydrogen-bond acceptors (Lipinski definition) is 3. The Morgan fingerprint density at radius 3 is 2.61 bits per heavy atom. The highest BCUT2D eigenvalue weighted by atomic mass is 16.5.